The Balaban J connectivity index is 2.45. The van der Waals surface area contributed by atoms with Crippen molar-refractivity contribution in [1.82, 2.24) is 15.4 Å². The average Bonchev–Trinajstić information content (AvgIpc) is 2.87. The molecule has 0 aliphatic carbocycles. The molecule has 0 atom stereocenters. The van der Waals surface area contributed by atoms with Crippen LogP contribution in [0.4, 0.5) is 0 Å². The number of aromatic amines is 1. The van der Waals surface area contributed by atoms with Crippen LogP contribution in [-0.2, 0) is 12.8 Å². The van der Waals surface area contributed by atoms with E-state index in [4.69, 9.17) is 9.63 Å². The highest BCUT2D eigenvalue weighted by Crippen LogP contribution is 2.22. The fourth-order valence-corrected chi connectivity index (χ4v) is 1.98. The normalized spacial score (nSPS) is 10.8. The van der Waals surface area contributed by atoms with Gasteiger partial charge >= 0.3 is 5.97 Å². The predicted molar refractivity (Wildman–Crippen MR) is 63.7 cm³/mol. The van der Waals surface area contributed by atoms with E-state index in [1.807, 2.05) is 20.8 Å². The van der Waals surface area contributed by atoms with Crippen molar-refractivity contribution in [3.05, 3.63) is 34.0 Å². The Morgan fingerprint density at radius 3 is 2.61 bits per heavy atom. The quantitative estimate of drug-likeness (QED) is 0.862. The van der Waals surface area contributed by atoms with E-state index in [0.717, 1.165) is 17.0 Å². The lowest BCUT2D eigenvalue weighted by atomic mass is 10.0. The summed E-state index contributed by atoms with van der Waals surface area (Å²) in [5.41, 5.74) is 3.43. The average molecular weight is 249 g/mol. The number of aromatic nitrogens is 3. The minimum absolute atomic E-state index is 0.00755. The van der Waals surface area contributed by atoms with Gasteiger partial charge in [-0.3, -0.25) is 5.10 Å². The van der Waals surface area contributed by atoms with Crippen LogP contribution >= 0.6 is 0 Å². The largest absolute Gasteiger partial charge is 0.476 e. The third-order valence-electron chi connectivity index (χ3n) is 3.03. The molecule has 0 aliphatic heterocycles. The first-order valence-corrected chi connectivity index (χ1v) is 5.75. The molecule has 2 aromatic rings. The molecule has 0 fully saturated rings. The summed E-state index contributed by atoms with van der Waals surface area (Å²) in [4.78, 5) is 11.1. The summed E-state index contributed by atoms with van der Waals surface area (Å²) < 4.78 is 5.07. The van der Waals surface area contributed by atoms with Crippen LogP contribution in [0.3, 0.4) is 0 Å². The standard InChI is InChI=1S/C12H15N3O3/c1-4-10-9(11(12(16)17)15-18-10)5-8-6(2)13-14-7(8)3/h4-5H2,1-3H3,(H,13,14)(H,16,17). The van der Waals surface area contributed by atoms with E-state index in [9.17, 15) is 4.79 Å². The third-order valence-corrected chi connectivity index (χ3v) is 3.03. The van der Waals surface area contributed by atoms with Crippen LogP contribution in [0.25, 0.3) is 0 Å². The third kappa shape index (κ3) is 2.01. The maximum atomic E-state index is 11.1. The smallest absolute Gasteiger partial charge is 0.358 e. The van der Waals surface area contributed by atoms with Gasteiger partial charge in [0.1, 0.15) is 5.76 Å². The molecule has 6 nitrogen and oxygen atoms in total. The Hall–Kier alpha value is -2.11. The number of carboxylic acid groups (broad SMARTS) is 1. The Bertz CT molecular complexity index is 564. The van der Waals surface area contributed by atoms with Crippen LogP contribution in [0.2, 0.25) is 0 Å². The Labute approximate surface area is 104 Å². The molecular formula is C12H15N3O3. The molecule has 2 rings (SSSR count). The van der Waals surface area contributed by atoms with Gasteiger partial charge in [0.05, 0.1) is 5.69 Å². The summed E-state index contributed by atoms with van der Waals surface area (Å²) in [5.74, 6) is -0.445. The fourth-order valence-electron chi connectivity index (χ4n) is 1.98. The van der Waals surface area contributed by atoms with Crippen molar-refractivity contribution in [3.8, 4) is 0 Å². The molecule has 6 heteroatoms. The Kier molecular flexibility index (Phi) is 3.18. The number of nitrogens with zero attached hydrogens (tertiary/aromatic N) is 2. The van der Waals surface area contributed by atoms with Crippen molar-refractivity contribution in [2.24, 2.45) is 0 Å². The van der Waals surface area contributed by atoms with Gasteiger partial charge in [-0.15, -0.1) is 0 Å². The number of carbonyl (C=O) groups is 1. The highest BCUT2D eigenvalue weighted by Gasteiger charge is 2.22. The number of aryl methyl sites for hydroxylation is 3. The molecule has 0 aromatic carbocycles. The number of hydrogen-bond acceptors (Lipinski definition) is 4. The summed E-state index contributed by atoms with van der Waals surface area (Å²) in [5, 5.41) is 19.7. The fraction of sp³-hybridized carbons (Fsp3) is 0.417. The minimum atomic E-state index is -1.06. The molecule has 96 valence electrons. The lowest BCUT2D eigenvalue weighted by molar-refractivity contribution is 0.0684. The number of aromatic carboxylic acids is 1. The first-order chi connectivity index (χ1) is 8.54. The Morgan fingerprint density at radius 1 is 1.39 bits per heavy atom. The minimum Gasteiger partial charge on any atom is -0.476 e. The van der Waals surface area contributed by atoms with E-state index in [-0.39, 0.29) is 5.69 Å². The van der Waals surface area contributed by atoms with Crippen molar-refractivity contribution in [2.45, 2.75) is 33.6 Å². The molecule has 2 N–H and O–H groups in total. The van der Waals surface area contributed by atoms with Crippen LogP contribution in [0.5, 0.6) is 0 Å². The monoisotopic (exact) mass is 249 g/mol. The number of carboxylic acids is 1. The first-order valence-electron chi connectivity index (χ1n) is 5.75. The molecule has 0 bridgehead atoms. The molecule has 18 heavy (non-hydrogen) atoms. The summed E-state index contributed by atoms with van der Waals surface area (Å²) in [7, 11) is 0. The SMILES string of the molecule is CCc1onc(C(=O)O)c1Cc1c(C)n[nH]c1C. The summed E-state index contributed by atoms with van der Waals surface area (Å²) in [6.45, 7) is 5.71. The van der Waals surface area contributed by atoms with Crippen molar-refractivity contribution in [3.63, 3.8) is 0 Å². The summed E-state index contributed by atoms with van der Waals surface area (Å²) >= 11 is 0. The number of hydrogen-bond donors (Lipinski definition) is 2. The van der Waals surface area contributed by atoms with Gasteiger partial charge in [0, 0.05) is 29.7 Å². The van der Waals surface area contributed by atoms with Gasteiger partial charge in [-0.05, 0) is 13.8 Å². The molecule has 0 radical (unpaired) electrons. The lowest BCUT2D eigenvalue weighted by Crippen LogP contribution is -2.04. The predicted octanol–water partition coefficient (Wildman–Crippen LogP) is 1.87. The molecule has 0 saturated heterocycles. The van der Waals surface area contributed by atoms with E-state index >= 15 is 0 Å². The highest BCUT2D eigenvalue weighted by atomic mass is 16.5. The molecule has 0 amide bonds. The zero-order chi connectivity index (χ0) is 13.3. The molecule has 0 spiro atoms. The zero-order valence-corrected chi connectivity index (χ0v) is 10.6. The van der Waals surface area contributed by atoms with E-state index in [2.05, 4.69) is 15.4 Å². The van der Waals surface area contributed by atoms with E-state index in [1.165, 1.54) is 0 Å². The molecule has 2 aromatic heterocycles. The van der Waals surface area contributed by atoms with Gasteiger partial charge < -0.3 is 9.63 Å². The van der Waals surface area contributed by atoms with E-state index in [1.54, 1.807) is 0 Å². The second kappa shape index (κ2) is 4.64. The van der Waals surface area contributed by atoms with Gasteiger partial charge in [0.2, 0.25) is 0 Å². The topological polar surface area (TPSA) is 92.0 Å². The molecule has 0 saturated carbocycles. The van der Waals surface area contributed by atoms with Gasteiger partial charge in [0.15, 0.2) is 5.69 Å². The summed E-state index contributed by atoms with van der Waals surface area (Å²) in [6, 6.07) is 0. The molecular weight excluding hydrogens is 234 g/mol. The van der Waals surface area contributed by atoms with Crippen LogP contribution in [0.15, 0.2) is 4.52 Å². The van der Waals surface area contributed by atoms with Gasteiger partial charge in [-0.1, -0.05) is 12.1 Å². The maximum absolute atomic E-state index is 11.1. The summed E-state index contributed by atoms with van der Waals surface area (Å²) in [6.07, 6.45) is 1.09. The molecule has 2 heterocycles. The van der Waals surface area contributed by atoms with Gasteiger partial charge in [-0.2, -0.15) is 5.10 Å². The Morgan fingerprint density at radius 2 is 2.11 bits per heavy atom. The maximum Gasteiger partial charge on any atom is 0.358 e. The highest BCUT2D eigenvalue weighted by molar-refractivity contribution is 5.87. The van der Waals surface area contributed by atoms with Crippen LogP contribution in [-0.4, -0.2) is 26.4 Å². The number of nitrogens with one attached hydrogen (secondary N) is 1. The number of rotatable bonds is 4. The van der Waals surface area contributed by atoms with Gasteiger partial charge in [0.25, 0.3) is 0 Å². The van der Waals surface area contributed by atoms with Crippen LogP contribution < -0.4 is 0 Å². The van der Waals surface area contributed by atoms with E-state index < -0.39 is 5.97 Å². The van der Waals surface area contributed by atoms with Gasteiger partial charge in [-0.25, -0.2) is 4.79 Å². The van der Waals surface area contributed by atoms with Crippen molar-refractivity contribution < 1.29 is 14.4 Å². The second-order valence-electron chi connectivity index (χ2n) is 4.18. The first kappa shape index (κ1) is 12.3. The van der Waals surface area contributed by atoms with Crippen LogP contribution in [0.1, 0.15) is 45.7 Å². The van der Waals surface area contributed by atoms with Crippen molar-refractivity contribution in [2.75, 3.05) is 0 Å². The van der Waals surface area contributed by atoms with Crippen molar-refractivity contribution >= 4 is 5.97 Å². The number of H-pyrrole nitrogens is 1. The van der Waals surface area contributed by atoms with Crippen molar-refractivity contribution in [1.29, 1.82) is 0 Å². The zero-order valence-electron chi connectivity index (χ0n) is 10.6. The van der Waals surface area contributed by atoms with Crippen LogP contribution in [0, 0.1) is 13.8 Å². The molecule has 0 unspecified atom stereocenters. The van der Waals surface area contributed by atoms with E-state index in [0.29, 0.717) is 24.2 Å². The second-order valence-corrected chi connectivity index (χ2v) is 4.18. The lowest BCUT2D eigenvalue weighted by Gasteiger charge is -2.01. The molecule has 0 aliphatic rings.